The van der Waals surface area contributed by atoms with Crippen molar-refractivity contribution in [3.05, 3.63) is 34.3 Å². The van der Waals surface area contributed by atoms with E-state index >= 15 is 0 Å². The second-order valence-corrected chi connectivity index (χ2v) is 6.72. The van der Waals surface area contributed by atoms with Crippen molar-refractivity contribution < 1.29 is 14.3 Å². The van der Waals surface area contributed by atoms with Gasteiger partial charge in [0.15, 0.2) is 4.86 Å². The van der Waals surface area contributed by atoms with Crippen LogP contribution in [0.2, 0.25) is 0 Å². The molecule has 1 aliphatic rings. The molecular weight excluding hydrogens is 318 g/mol. The Balaban J connectivity index is 2.42. The molecule has 0 atom stereocenters. The maximum atomic E-state index is 11.8. The van der Waals surface area contributed by atoms with E-state index < -0.39 is 22.4 Å². The Morgan fingerprint density at radius 1 is 1.17 bits per heavy atom. The molecule has 0 N–H and O–H groups in total. The van der Waals surface area contributed by atoms with Crippen molar-refractivity contribution in [2.24, 2.45) is 4.99 Å². The van der Waals surface area contributed by atoms with Crippen LogP contribution < -0.4 is 0 Å². The fraction of sp³-hybridized carbons (Fsp3) is 0.167. The number of hydrogen-bond donors (Lipinski definition) is 0. The van der Waals surface area contributed by atoms with Gasteiger partial charge in [-0.2, -0.15) is 15.5 Å². The van der Waals surface area contributed by atoms with Crippen molar-refractivity contribution in [1.82, 2.24) is 0 Å². The van der Waals surface area contributed by atoms with E-state index in [9.17, 15) is 9.59 Å². The average Bonchev–Trinajstić information content (AvgIpc) is 2.28. The fourth-order valence-corrected chi connectivity index (χ4v) is 2.48. The van der Waals surface area contributed by atoms with Gasteiger partial charge < -0.3 is 4.74 Å². The zero-order valence-electron chi connectivity index (χ0n) is 9.77. The van der Waals surface area contributed by atoms with Crippen molar-refractivity contribution >= 4 is 49.1 Å². The lowest BCUT2D eigenvalue weighted by molar-refractivity contribution is -0.129. The summed E-state index contributed by atoms with van der Waals surface area (Å²) in [6.45, 7) is 0. The third-order valence-electron chi connectivity index (χ3n) is 2.27. The Kier molecular flexibility index (Phi) is 3.77. The van der Waals surface area contributed by atoms with Crippen LogP contribution in [0.15, 0.2) is 33.7 Å². The van der Waals surface area contributed by atoms with E-state index in [0.717, 1.165) is 4.47 Å². The molecule has 1 aromatic carbocycles. The van der Waals surface area contributed by atoms with E-state index in [-0.39, 0.29) is 10.8 Å². The zero-order valence-corrected chi connectivity index (χ0v) is 12.2. The number of halogens is 1. The van der Waals surface area contributed by atoms with Gasteiger partial charge in [-0.1, -0.05) is 15.9 Å². The molecule has 0 saturated carbocycles. The van der Waals surface area contributed by atoms with E-state index in [0.29, 0.717) is 5.56 Å². The van der Waals surface area contributed by atoms with Gasteiger partial charge in [-0.15, -0.1) is 0 Å². The Morgan fingerprint density at radius 2 is 1.78 bits per heavy atom. The topological polar surface area (TPSA) is 55.7 Å². The smallest absolute Gasteiger partial charge is 0.356 e. The molecule has 0 aromatic heterocycles. The fourth-order valence-electron chi connectivity index (χ4n) is 1.44. The van der Waals surface area contributed by atoms with E-state index in [1.54, 1.807) is 36.8 Å². The summed E-state index contributed by atoms with van der Waals surface area (Å²) in [5, 5.41) is 0. The second-order valence-electron chi connectivity index (χ2n) is 3.76. The van der Waals surface area contributed by atoms with Crippen LogP contribution in [0.1, 0.15) is 5.56 Å². The monoisotopic (exact) mass is 327 g/mol. The lowest BCUT2D eigenvalue weighted by Crippen LogP contribution is -2.33. The molecule has 2 rings (SSSR count). The van der Waals surface area contributed by atoms with E-state index in [1.165, 1.54) is 0 Å². The van der Waals surface area contributed by atoms with Crippen LogP contribution in [0.5, 0.6) is 0 Å². The number of carbonyl (C=O) groups is 2. The number of esters is 1. The van der Waals surface area contributed by atoms with Crippen molar-refractivity contribution in [2.75, 3.05) is 12.5 Å². The SMILES string of the molecule is CS(C)=C1C(=O)N=C(c2ccc(Br)cc2)OC1=O. The summed E-state index contributed by atoms with van der Waals surface area (Å²) < 4.78 is 6.00. The summed E-state index contributed by atoms with van der Waals surface area (Å²) in [5.74, 6) is -1.04. The summed E-state index contributed by atoms with van der Waals surface area (Å²) in [7, 11) is -0.459. The lowest BCUT2D eigenvalue weighted by atomic mass is 10.2. The number of benzene rings is 1. The summed E-state index contributed by atoms with van der Waals surface area (Å²) in [6, 6.07) is 7.04. The standard InChI is InChI=1S/C12H10BrNO3S/c1-18(2)9-10(15)14-11(17-12(9)16)7-3-5-8(13)6-4-7/h3-6H,1-2H3. The number of hydrogen-bond acceptors (Lipinski definition) is 3. The van der Waals surface area contributed by atoms with E-state index in [2.05, 4.69) is 20.9 Å². The predicted octanol–water partition coefficient (Wildman–Crippen LogP) is 1.98. The first-order chi connectivity index (χ1) is 8.49. The van der Waals surface area contributed by atoms with Gasteiger partial charge in [0.25, 0.3) is 5.91 Å². The normalized spacial score (nSPS) is 15.8. The Hall–Kier alpha value is -1.27. The predicted molar refractivity (Wildman–Crippen MR) is 76.2 cm³/mol. The van der Waals surface area contributed by atoms with Crippen LogP contribution in [-0.4, -0.2) is 35.2 Å². The van der Waals surface area contributed by atoms with Crippen LogP contribution in [0.3, 0.4) is 0 Å². The summed E-state index contributed by atoms with van der Waals surface area (Å²) in [5.41, 5.74) is 0.603. The largest absolute Gasteiger partial charge is 0.403 e. The summed E-state index contributed by atoms with van der Waals surface area (Å²) >= 11 is 3.30. The zero-order chi connectivity index (χ0) is 13.3. The Bertz CT molecular complexity index is 586. The van der Waals surface area contributed by atoms with Crippen LogP contribution in [0.4, 0.5) is 0 Å². The number of ether oxygens (including phenoxy) is 1. The number of rotatable bonds is 1. The number of nitrogens with zero attached hydrogens (tertiary/aromatic N) is 1. The quantitative estimate of drug-likeness (QED) is 0.585. The van der Waals surface area contributed by atoms with Gasteiger partial charge in [-0.25, -0.2) is 4.79 Å². The first kappa shape index (κ1) is 13.2. The molecule has 0 unspecified atom stereocenters. The minimum atomic E-state index is -0.596. The third-order valence-corrected chi connectivity index (χ3v) is 3.96. The molecule has 0 spiro atoms. The van der Waals surface area contributed by atoms with Gasteiger partial charge in [-0.05, 0) is 36.8 Å². The third kappa shape index (κ3) is 2.59. The summed E-state index contributed by atoms with van der Waals surface area (Å²) in [4.78, 5) is 27.4. The highest BCUT2D eigenvalue weighted by molar-refractivity contribution is 9.10. The molecule has 0 fully saturated rings. The molecule has 0 radical (unpaired) electrons. The highest BCUT2D eigenvalue weighted by Crippen LogP contribution is 2.16. The van der Waals surface area contributed by atoms with Gasteiger partial charge >= 0.3 is 5.97 Å². The highest BCUT2D eigenvalue weighted by Gasteiger charge is 2.29. The first-order valence-electron chi connectivity index (χ1n) is 5.04. The first-order valence-corrected chi connectivity index (χ1v) is 7.88. The van der Waals surface area contributed by atoms with Gasteiger partial charge in [0.05, 0.1) is 0 Å². The lowest BCUT2D eigenvalue weighted by Gasteiger charge is -2.14. The molecule has 0 aliphatic carbocycles. The number of amides is 1. The number of carbonyl (C=O) groups excluding carboxylic acids is 2. The van der Waals surface area contributed by atoms with E-state index in [1.807, 2.05) is 0 Å². The molecule has 0 saturated heterocycles. The molecule has 1 aromatic rings. The molecule has 6 heteroatoms. The molecule has 4 nitrogen and oxygen atoms in total. The minimum absolute atomic E-state index is 0.0618. The van der Waals surface area contributed by atoms with Gasteiger partial charge in [0, 0.05) is 10.0 Å². The van der Waals surface area contributed by atoms with Crippen molar-refractivity contribution in [2.45, 2.75) is 0 Å². The van der Waals surface area contributed by atoms with Crippen LogP contribution >= 0.6 is 26.4 Å². The van der Waals surface area contributed by atoms with Crippen LogP contribution in [0.25, 0.3) is 0 Å². The Labute approximate surface area is 115 Å². The summed E-state index contributed by atoms with van der Waals surface area (Å²) in [6.07, 6.45) is 3.57. The van der Waals surface area contributed by atoms with Crippen molar-refractivity contribution in [3.8, 4) is 0 Å². The molecule has 1 heterocycles. The molecule has 1 aliphatic heterocycles. The van der Waals surface area contributed by atoms with Crippen LogP contribution in [-0.2, 0) is 14.3 Å². The van der Waals surface area contributed by atoms with Gasteiger partial charge in [-0.3, -0.25) is 4.79 Å². The average molecular weight is 328 g/mol. The highest BCUT2D eigenvalue weighted by atomic mass is 79.9. The minimum Gasteiger partial charge on any atom is -0.403 e. The van der Waals surface area contributed by atoms with E-state index in [4.69, 9.17) is 4.74 Å². The Morgan fingerprint density at radius 3 is 2.28 bits per heavy atom. The van der Waals surface area contributed by atoms with Gasteiger partial charge in [0.1, 0.15) is 0 Å². The van der Waals surface area contributed by atoms with Gasteiger partial charge in [0.2, 0.25) is 5.90 Å². The number of aliphatic imine (C=N–C) groups is 1. The molecule has 18 heavy (non-hydrogen) atoms. The van der Waals surface area contributed by atoms with Crippen molar-refractivity contribution in [1.29, 1.82) is 0 Å². The van der Waals surface area contributed by atoms with Crippen LogP contribution in [0, 0.1) is 0 Å². The molecule has 1 amide bonds. The maximum Gasteiger partial charge on any atom is 0.356 e. The maximum absolute atomic E-state index is 11.8. The molecule has 94 valence electrons. The van der Waals surface area contributed by atoms with Crippen molar-refractivity contribution in [3.63, 3.8) is 0 Å². The number of cyclic esters (lactones) is 1. The molecular formula is C12H10BrNO3S. The molecule has 0 bridgehead atoms. The second kappa shape index (κ2) is 5.16.